The van der Waals surface area contributed by atoms with Crippen molar-refractivity contribution < 1.29 is 4.52 Å². The number of alkyl halides is 3. The van der Waals surface area contributed by atoms with Crippen molar-refractivity contribution in [1.82, 2.24) is 10.1 Å². The van der Waals surface area contributed by atoms with Gasteiger partial charge in [0.25, 0.3) is 9.68 Å². The molecule has 0 aliphatic heterocycles. The Morgan fingerprint density at radius 3 is 2.20 bits per heavy atom. The topological polar surface area (TPSA) is 38.9 Å². The molecule has 1 heterocycles. The molecule has 0 aliphatic rings. The van der Waals surface area contributed by atoms with Gasteiger partial charge in [-0.05, 0) is 0 Å². The van der Waals surface area contributed by atoms with E-state index in [9.17, 15) is 0 Å². The molecule has 10 heavy (non-hydrogen) atoms. The van der Waals surface area contributed by atoms with Crippen LogP contribution < -0.4 is 0 Å². The first kappa shape index (κ1) is 8.83. The molecule has 0 spiro atoms. The molecule has 0 saturated heterocycles. The predicted octanol–water partition coefficient (Wildman–Crippen LogP) is 2.50. The predicted molar refractivity (Wildman–Crippen MR) is 46.3 cm³/mol. The Bertz CT molecular complexity index is 232. The molecule has 0 bridgehead atoms. The number of rotatable bonds is 0. The van der Waals surface area contributed by atoms with Gasteiger partial charge in [0, 0.05) is 22.6 Å². The lowest BCUT2D eigenvalue weighted by Gasteiger charge is -2.00. The minimum atomic E-state index is -1.61. The summed E-state index contributed by atoms with van der Waals surface area (Å²) in [6, 6.07) is 0. The van der Waals surface area contributed by atoms with E-state index >= 15 is 0 Å². The van der Waals surface area contributed by atoms with Gasteiger partial charge in [0.05, 0.1) is 0 Å². The third-order valence-corrected chi connectivity index (χ3v) is 1.57. The molecule has 0 radical (unpaired) electrons. The number of nitrogens with zero attached hydrogens (tertiary/aromatic N) is 2. The lowest BCUT2D eigenvalue weighted by atomic mass is 10.8. The zero-order valence-electron chi connectivity index (χ0n) is 4.31. The molecule has 3 nitrogen and oxygen atoms in total. The number of hydrogen-bond donors (Lipinski definition) is 0. The van der Waals surface area contributed by atoms with Crippen molar-refractivity contribution in [3.8, 4) is 0 Å². The van der Waals surface area contributed by atoms with Crippen LogP contribution in [0.2, 0.25) is 0 Å². The SMILES string of the molecule is ClC(Cl)(Cl)c1nc(I)no1. The van der Waals surface area contributed by atoms with Crippen LogP contribution in [0.4, 0.5) is 0 Å². The summed E-state index contributed by atoms with van der Waals surface area (Å²) in [7, 11) is 0. The van der Waals surface area contributed by atoms with E-state index in [4.69, 9.17) is 34.8 Å². The van der Waals surface area contributed by atoms with Crippen LogP contribution in [0, 0.1) is 3.83 Å². The van der Waals surface area contributed by atoms with Crippen molar-refractivity contribution in [2.24, 2.45) is 0 Å². The Hall–Kier alpha value is 0.740. The van der Waals surface area contributed by atoms with Crippen LogP contribution in [0.5, 0.6) is 0 Å². The van der Waals surface area contributed by atoms with Gasteiger partial charge in [0.1, 0.15) is 0 Å². The summed E-state index contributed by atoms with van der Waals surface area (Å²) in [5.74, 6) is -0.0121. The third-order valence-electron chi connectivity index (χ3n) is 0.644. The van der Waals surface area contributed by atoms with Crippen molar-refractivity contribution >= 4 is 57.4 Å². The molecule has 56 valence electrons. The van der Waals surface area contributed by atoms with Gasteiger partial charge in [-0.3, -0.25) is 0 Å². The highest BCUT2D eigenvalue weighted by Crippen LogP contribution is 2.36. The van der Waals surface area contributed by atoms with Crippen LogP contribution in [0.25, 0.3) is 0 Å². The van der Waals surface area contributed by atoms with Crippen molar-refractivity contribution in [3.05, 3.63) is 9.72 Å². The molecule has 1 aromatic rings. The molecular weight excluding hydrogens is 313 g/mol. The summed E-state index contributed by atoms with van der Waals surface area (Å²) in [5.41, 5.74) is 0. The van der Waals surface area contributed by atoms with Crippen molar-refractivity contribution in [1.29, 1.82) is 0 Å². The van der Waals surface area contributed by atoms with E-state index in [2.05, 4.69) is 14.7 Å². The van der Waals surface area contributed by atoms with Crippen LogP contribution in [0.3, 0.4) is 0 Å². The molecule has 1 aromatic heterocycles. The lowest BCUT2D eigenvalue weighted by molar-refractivity contribution is 0.379. The number of hydrogen-bond acceptors (Lipinski definition) is 3. The largest absolute Gasteiger partial charge is 0.334 e. The molecule has 1 rings (SSSR count). The van der Waals surface area contributed by atoms with E-state index in [1.165, 1.54) is 0 Å². The molecule has 0 atom stereocenters. The van der Waals surface area contributed by atoms with Crippen LogP contribution in [-0.2, 0) is 3.79 Å². The summed E-state index contributed by atoms with van der Waals surface area (Å²) < 4.78 is 3.37. The summed E-state index contributed by atoms with van der Waals surface area (Å²) in [6.07, 6.45) is 0. The molecular formula is C3Cl3IN2O. The normalized spacial score (nSPS) is 12.0. The van der Waals surface area contributed by atoms with Crippen LogP contribution >= 0.6 is 57.4 Å². The average Bonchev–Trinajstić information content (AvgIpc) is 2.11. The minimum absolute atomic E-state index is 0.0121. The maximum absolute atomic E-state index is 5.40. The van der Waals surface area contributed by atoms with Crippen LogP contribution in [-0.4, -0.2) is 10.1 Å². The zero-order chi connectivity index (χ0) is 7.78. The first-order valence-electron chi connectivity index (χ1n) is 2.06. The Kier molecular flexibility index (Phi) is 2.65. The first-order valence-corrected chi connectivity index (χ1v) is 4.28. The van der Waals surface area contributed by atoms with E-state index < -0.39 is 3.79 Å². The van der Waals surface area contributed by atoms with Crippen molar-refractivity contribution in [3.63, 3.8) is 0 Å². The highest BCUT2D eigenvalue weighted by atomic mass is 127. The van der Waals surface area contributed by atoms with Gasteiger partial charge < -0.3 is 4.52 Å². The molecule has 7 heteroatoms. The van der Waals surface area contributed by atoms with E-state index in [-0.39, 0.29) is 5.89 Å². The second-order valence-electron chi connectivity index (χ2n) is 1.37. The second kappa shape index (κ2) is 3.00. The van der Waals surface area contributed by atoms with Gasteiger partial charge in [-0.25, -0.2) is 0 Å². The fraction of sp³-hybridized carbons (Fsp3) is 0.333. The fourth-order valence-electron chi connectivity index (χ4n) is 0.321. The van der Waals surface area contributed by atoms with E-state index in [0.717, 1.165) is 0 Å². The Morgan fingerprint density at radius 2 is 2.00 bits per heavy atom. The monoisotopic (exact) mass is 312 g/mol. The smallest absolute Gasteiger partial charge is 0.279 e. The Labute approximate surface area is 85.2 Å². The average molecular weight is 313 g/mol. The molecule has 0 saturated carbocycles. The molecule has 0 aliphatic carbocycles. The van der Waals surface area contributed by atoms with E-state index in [1.807, 2.05) is 22.6 Å². The maximum Gasteiger partial charge on any atom is 0.279 e. The van der Waals surface area contributed by atoms with Gasteiger partial charge in [-0.15, -0.1) is 0 Å². The van der Waals surface area contributed by atoms with Crippen LogP contribution in [0.15, 0.2) is 4.52 Å². The first-order chi connectivity index (χ1) is 4.50. The summed E-state index contributed by atoms with van der Waals surface area (Å²) in [5, 5.41) is 3.43. The standard InChI is InChI=1S/C3Cl3IN2O/c4-3(5,6)1-8-2(7)9-10-1. The summed E-state index contributed by atoms with van der Waals surface area (Å²) in [4.78, 5) is 3.70. The number of halogens is 4. The lowest BCUT2D eigenvalue weighted by Crippen LogP contribution is -1.99. The van der Waals surface area contributed by atoms with Gasteiger partial charge in [-0.1, -0.05) is 40.0 Å². The van der Waals surface area contributed by atoms with Gasteiger partial charge in [0.15, 0.2) is 0 Å². The molecule has 0 unspecified atom stereocenters. The summed E-state index contributed by atoms with van der Waals surface area (Å²) >= 11 is 18.1. The molecule has 0 aromatic carbocycles. The highest BCUT2D eigenvalue weighted by molar-refractivity contribution is 14.1. The molecule has 0 N–H and O–H groups in total. The second-order valence-corrected chi connectivity index (χ2v) is 4.61. The van der Waals surface area contributed by atoms with Crippen molar-refractivity contribution in [2.75, 3.05) is 0 Å². The minimum Gasteiger partial charge on any atom is -0.334 e. The van der Waals surface area contributed by atoms with E-state index in [0.29, 0.717) is 3.83 Å². The third kappa shape index (κ3) is 2.11. The Morgan fingerprint density at radius 1 is 1.40 bits per heavy atom. The molecule has 0 fully saturated rings. The fourth-order valence-corrected chi connectivity index (χ4v) is 0.869. The number of aromatic nitrogens is 2. The maximum atomic E-state index is 5.40. The Balaban J connectivity index is 2.96. The van der Waals surface area contributed by atoms with Gasteiger partial charge >= 0.3 is 0 Å². The van der Waals surface area contributed by atoms with Crippen LogP contribution in [0.1, 0.15) is 5.89 Å². The quantitative estimate of drug-likeness (QED) is 0.546. The zero-order valence-corrected chi connectivity index (χ0v) is 8.74. The molecule has 0 amide bonds. The summed E-state index contributed by atoms with van der Waals surface area (Å²) in [6.45, 7) is 0. The highest BCUT2D eigenvalue weighted by Gasteiger charge is 2.30. The van der Waals surface area contributed by atoms with E-state index in [1.54, 1.807) is 0 Å². The van der Waals surface area contributed by atoms with Gasteiger partial charge in [-0.2, -0.15) is 4.98 Å². The van der Waals surface area contributed by atoms with Gasteiger partial charge in [0.2, 0.25) is 3.83 Å². The van der Waals surface area contributed by atoms with Crippen molar-refractivity contribution in [2.45, 2.75) is 3.79 Å².